The van der Waals surface area contributed by atoms with Crippen molar-refractivity contribution in [3.8, 4) is 17.2 Å². The molecule has 1 heterocycles. The smallest absolute Gasteiger partial charge is 0.311 e. The van der Waals surface area contributed by atoms with Gasteiger partial charge in [-0.2, -0.15) is 0 Å². The Morgan fingerprint density at radius 1 is 1.07 bits per heavy atom. The van der Waals surface area contributed by atoms with E-state index in [0.29, 0.717) is 35.4 Å². The molecule has 0 bridgehead atoms. The standard InChI is InChI=1S/C20H27NO6/c1-12-5-6-15(7-12)27-20(23)13-8-18(22)21(11-13)14-9-16(24-2)19(26-4)17(10-14)25-3/h9-10,12-13,15H,5-8,11H2,1-4H3/t12-,13+,15+/m0/s1. The van der Waals surface area contributed by atoms with E-state index in [9.17, 15) is 9.59 Å². The first-order valence-corrected chi connectivity index (χ1v) is 9.27. The van der Waals surface area contributed by atoms with Gasteiger partial charge in [0.15, 0.2) is 11.5 Å². The number of hydrogen-bond donors (Lipinski definition) is 0. The van der Waals surface area contributed by atoms with Gasteiger partial charge in [-0.15, -0.1) is 0 Å². The molecule has 2 fully saturated rings. The van der Waals surface area contributed by atoms with Crippen LogP contribution in [-0.4, -0.2) is 45.9 Å². The van der Waals surface area contributed by atoms with Crippen LogP contribution in [0.2, 0.25) is 0 Å². The van der Waals surface area contributed by atoms with Gasteiger partial charge >= 0.3 is 5.97 Å². The van der Waals surface area contributed by atoms with Crippen molar-refractivity contribution >= 4 is 17.6 Å². The van der Waals surface area contributed by atoms with Gasteiger partial charge in [0.05, 0.1) is 32.9 Å². The van der Waals surface area contributed by atoms with E-state index in [-0.39, 0.29) is 24.4 Å². The number of ether oxygens (including phenoxy) is 4. The van der Waals surface area contributed by atoms with Crippen LogP contribution in [-0.2, 0) is 14.3 Å². The minimum atomic E-state index is -0.451. The topological polar surface area (TPSA) is 74.3 Å². The first kappa shape index (κ1) is 19.3. The number of benzene rings is 1. The summed E-state index contributed by atoms with van der Waals surface area (Å²) < 4.78 is 21.7. The third-order valence-corrected chi connectivity index (χ3v) is 5.35. The molecule has 1 amide bonds. The zero-order chi connectivity index (χ0) is 19.6. The van der Waals surface area contributed by atoms with E-state index in [1.54, 1.807) is 17.0 Å². The Morgan fingerprint density at radius 2 is 1.74 bits per heavy atom. The van der Waals surface area contributed by atoms with Crippen molar-refractivity contribution < 1.29 is 28.5 Å². The monoisotopic (exact) mass is 377 g/mol. The van der Waals surface area contributed by atoms with Gasteiger partial charge in [0, 0.05) is 25.1 Å². The lowest BCUT2D eigenvalue weighted by molar-refractivity contribution is -0.153. The fourth-order valence-corrected chi connectivity index (χ4v) is 3.86. The molecule has 0 N–H and O–H groups in total. The molecule has 1 saturated heterocycles. The van der Waals surface area contributed by atoms with Crippen molar-refractivity contribution in [1.82, 2.24) is 0 Å². The molecule has 27 heavy (non-hydrogen) atoms. The lowest BCUT2D eigenvalue weighted by atomic mass is 10.1. The normalized spacial score (nSPS) is 24.8. The van der Waals surface area contributed by atoms with Crippen LogP contribution in [0, 0.1) is 11.8 Å². The number of rotatable bonds is 6. The lowest BCUT2D eigenvalue weighted by Crippen LogP contribution is -2.28. The van der Waals surface area contributed by atoms with Crippen molar-refractivity contribution in [2.45, 2.75) is 38.7 Å². The quantitative estimate of drug-likeness (QED) is 0.710. The lowest BCUT2D eigenvalue weighted by Gasteiger charge is -2.20. The molecule has 1 aliphatic carbocycles. The van der Waals surface area contributed by atoms with Gasteiger partial charge in [0.1, 0.15) is 6.10 Å². The molecule has 1 aromatic rings. The number of carbonyl (C=O) groups excluding carboxylic acids is 2. The SMILES string of the molecule is COc1cc(N2C[C@H](C(=O)O[C@@H]3CC[C@H](C)C3)CC2=O)cc(OC)c1OC. The van der Waals surface area contributed by atoms with Crippen molar-refractivity contribution in [2.75, 3.05) is 32.8 Å². The summed E-state index contributed by atoms with van der Waals surface area (Å²) in [6.07, 6.45) is 3.03. The molecule has 0 spiro atoms. The summed E-state index contributed by atoms with van der Waals surface area (Å²) in [4.78, 5) is 26.6. The first-order chi connectivity index (χ1) is 13.0. The Bertz CT molecular complexity index is 693. The zero-order valence-electron chi connectivity index (χ0n) is 16.3. The summed E-state index contributed by atoms with van der Waals surface area (Å²) in [5.74, 6) is 1.12. The van der Waals surface area contributed by atoms with Crippen molar-refractivity contribution in [2.24, 2.45) is 11.8 Å². The van der Waals surface area contributed by atoms with Gasteiger partial charge in [-0.1, -0.05) is 6.92 Å². The Morgan fingerprint density at radius 3 is 2.26 bits per heavy atom. The number of hydrogen-bond acceptors (Lipinski definition) is 6. The zero-order valence-corrected chi connectivity index (χ0v) is 16.3. The molecule has 2 aliphatic rings. The molecule has 0 aromatic heterocycles. The number of nitrogens with zero attached hydrogens (tertiary/aromatic N) is 1. The Kier molecular flexibility index (Phi) is 5.77. The molecule has 0 radical (unpaired) electrons. The highest BCUT2D eigenvalue weighted by Gasteiger charge is 2.38. The Balaban J connectivity index is 1.74. The van der Waals surface area contributed by atoms with Crippen LogP contribution < -0.4 is 19.1 Å². The molecule has 1 aliphatic heterocycles. The highest BCUT2D eigenvalue weighted by atomic mass is 16.5. The van der Waals surface area contributed by atoms with Gasteiger partial charge < -0.3 is 23.8 Å². The predicted molar refractivity (Wildman–Crippen MR) is 99.5 cm³/mol. The summed E-state index contributed by atoms with van der Waals surface area (Å²) in [5.41, 5.74) is 0.610. The predicted octanol–water partition coefficient (Wildman–Crippen LogP) is 2.80. The molecule has 1 saturated carbocycles. The molecule has 148 valence electrons. The summed E-state index contributed by atoms with van der Waals surface area (Å²) in [5, 5.41) is 0. The highest BCUT2D eigenvalue weighted by Crippen LogP contribution is 2.42. The van der Waals surface area contributed by atoms with Crippen LogP contribution in [0.4, 0.5) is 5.69 Å². The van der Waals surface area contributed by atoms with E-state index < -0.39 is 5.92 Å². The van der Waals surface area contributed by atoms with Crippen molar-refractivity contribution in [1.29, 1.82) is 0 Å². The second kappa shape index (κ2) is 8.06. The Hall–Kier alpha value is -2.44. The Labute approximate surface area is 159 Å². The van der Waals surface area contributed by atoms with Crippen LogP contribution in [0.5, 0.6) is 17.2 Å². The second-order valence-electron chi connectivity index (χ2n) is 7.27. The number of anilines is 1. The van der Waals surface area contributed by atoms with Crippen LogP contribution in [0.1, 0.15) is 32.6 Å². The van der Waals surface area contributed by atoms with Crippen LogP contribution in [0.25, 0.3) is 0 Å². The van der Waals surface area contributed by atoms with E-state index in [4.69, 9.17) is 18.9 Å². The van der Waals surface area contributed by atoms with Crippen LogP contribution >= 0.6 is 0 Å². The minimum absolute atomic E-state index is 0.0159. The van der Waals surface area contributed by atoms with E-state index in [0.717, 1.165) is 19.3 Å². The summed E-state index contributed by atoms with van der Waals surface area (Å²) >= 11 is 0. The van der Waals surface area contributed by atoms with Gasteiger partial charge in [-0.05, 0) is 25.2 Å². The van der Waals surface area contributed by atoms with Gasteiger partial charge in [-0.3, -0.25) is 9.59 Å². The average Bonchev–Trinajstić information content (AvgIpc) is 3.25. The molecule has 1 aromatic carbocycles. The van der Waals surface area contributed by atoms with E-state index in [1.165, 1.54) is 21.3 Å². The maximum absolute atomic E-state index is 12.5. The summed E-state index contributed by atoms with van der Waals surface area (Å²) in [6.45, 7) is 2.46. The summed E-state index contributed by atoms with van der Waals surface area (Å²) in [7, 11) is 4.57. The van der Waals surface area contributed by atoms with E-state index in [1.807, 2.05) is 0 Å². The van der Waals surface area contributed by atoms with Crippen LogP contribution in [0.3, 0.4) is 0 Å². The number of esters is 1. The maximum Gasteiger partial charge on any atom is 0.311 e. The molecule has 3 atom stereocenters. The maximum atomic E-state index is 12.5. The van der Waals surface area contributed by atoms with Crippen LogP contribution in [0.15, 0.2) is 12.1 Å². The number of methoxy groups -OCH3 is 3. The van der Waals surface area contributed by atoms with Gasteiger partial charge in [0.2, 0.25) is 11.7 Å². The van der Waals surface area contributed by atoms with Crippen molar-refractivity contribution in [3.63, 3.8) is 0 Å². The first-order valence-electron chi connectivity index (χ1n) is 9.27. The molecule has 3 rings (SSSR count). The third kappa shape index (κ3) is 3.96. The molecule has 7 nitrogen and oxygen atoms in total. The second-order valence-corrected chi connectivity index (χ2v) is 7.27. The van der Waals surface area contributed by atoms with Crippen molar-refractivity contribution in [3.05, 3.63) is 12.1 Å². The van der Waals surface area contributed by atoms with Gasteiger partial charge in [-0.25, -0.2) is 0 Å². The number of amides is 1. The van der Waals surface area contributed by atoms with Gasteiger partial charge in [0.25, 0.3) is 0 Å². The molecular weight excluding hydrogens is 350 g/mol. The third-order valence-electron chi connectivity index (χ3n) is 5.35. The average molecular weight is 377 g/mol. The summed E-state index contributed by atoms with van der Waals surface area (Å²) in [6, 6.07) is 3.43. The minimum Gasteiger partial charge on any atom is -0.493 e. The molecular formula is C20H27NO6. The number of carbonyl (C=O) groups is 2. The largest absolute Gasteiger partial charge is 0.493 e. The van der Waals surface area contributed by atoms with E-state index in [2.05, 4.69) is 6.92 Å². The molecule has 7 heteroatoms. The van der Waals surface area contributed by atoms with E-state index >= 15 is 0 Å². The fourth-order valence-electron chi connectivity index (χ4n) is 3.86. The fraction of sp³-hybridized carbons (Fsp3) is 0.600. The molecule has 0 unspecified atom stereocenters. The highest BCUT2D eigenvalue weighted by molar-refractivity contribution is 6.00.